The van der Waals surface area contributed by atoms with Gasteiger partial charge in [0, 0.05) is 38.0 Å². The number of nitrogens with zero attached hydrogens (tertiary/aromatic N) is 8. The SMILES string of the molecule is CC1=NC(CN2CCN(C(=O)/C=C/c3ccc(C(F)(F)F)cc3Cn3nnc(C)n3)CC2)=NC1. The molecule has 0 aliphatic carbocycles. The number of aromatic nitrogens is 4. The lowest BCUT2D eigenvalue weighted by atomic mass is 10.0. The van der Waals surface area contributed by atoms with Gasteiger partial charge in [0.25, 0.3) is 0 Å². The molecule has 1 fully saturated rings. The summed E-state index contributed by atoms with van der Waals surface area (Å²) in [7, 11) is 0. The van der Waals surface area contributed by atoms with Crippen molar-refractivity contribution < 1.29 is 18.0 Å². The molecule has 0 N–H and O–H groups in total. The number of benzene rings is 1. The number of carbonyl (C=O) groups excluding carboxylic acids is 1. The normalized spacial score (nSPS) is 17.4. The number of aryl methyl sites for hydroxylation is 1. The van der Waals surface area contributed by atoms with Crippen LogP contribution in [0.2, 0.25) is 0 Å². The van der Waals surface area contributed by atoms with Crippen molar-refractivity contribution in [1.82, 2.24) is 30.0 Å². The molecule has 34 heavy (non-hydrogen) atoms. The molecule has 1 aromatic heterocycles. The van der Waals surface area contributed by atoms with Gasteiger partial charge in [0.15, 0.2) is 5.82 Å². The molecule has 1 aromatic carbocycles. The van der Waals surface area contributed by atoms with Crippen molar-refractivity contribution in [2.75, 3.05) is 39.3 Å². The number of hydrogen-bond donors (Lipinski definition) is 0. The molecule has 1 amide bonds. The molecule has 0 atom stereocenters. The molecular weight excluding hydrogens is 449 g/mol. The van der Waals surface area contributed by atoms with Gasteiger partial charge in [-0.15, -0.1) is 10.2 Å². The zero-order valence-corrected chi connectivity index (χ0v) is 19.0. The Balaban J connectivity index is 1.41. The van der Waals surface area contributed by atoms with Crippen LogP contribution >= 0.6 is 0 Å². The Kier molecular flexibility index (Phi) is 6.87. The lowest BCUT2D eigenvalue weighted by molar-refractivity contribution is -0.137. The van der Waals surface area contributed by atoms with Gasteiger partial charge in [-0.1, -0.05) is 6.07 Å². The predicted molar refractivity (Wildman–Crippen MR) is 121 cm³/mol. The summed E-state index contributed by atoms with van der Waals surface area (Å²) in [6.07, 6.45) is -1.54. The van der Waals surface area contributed by atoms with E-state index in [0.29, 0.717) is 56.2 Å². The van der Waals surface area contributed by atoms with E-state index >= 15 is 0 Å². The molecule has 1 saturated heterocycles. The number of rotatable bonds is 6. The second kappa shape index (κ2) is 9.84. The summed E-state index contributed by atoms with van der Waals surface area (Å²) >= 11 is 0. The van der Waals surface area contributed by atoms with Crippen molar-refractivity contribution in [2.24, 2.45) is 9.98 Å². The van der Waals surface area contributed by atoms with E-state index in [1.165, 1.54) is 16.9 Å². The summed E-state index contributed by atoms with van der Waals surface area (Å²) in [5.74, 6) is 1.05. The fraction of sp³-hybridized carbons (Fsp3) is 0.455. The fourth-order valence-corrected chi connectivity index (χ4v) is 3.80. The molecule has 0 saturated carbocycles. The van der Waals surface area contributed by atoms with Crippen LogP contribution in [0.5, 0.6) is 0 Å². The first kappa shape index (κ1) is 23.7. The maximum atomic E-state index is 13.2. The molecule has 2 aliphatic rings. The topological polar surface area (TPSA) is 91.9 Å². The number of amides is 1. The Morgan fingerprint density at radius 1 is 1.12 bits per heavy atom. The van der Waals surface area contributed by atoms with Crippen LogP contribution < -0.4 is 0 Å². The average Bonchev–Trinajstić information content (AvgIpc) is 3.39. The van der Waals surface area contributed by atoms with E-state index in [1.807, 2.05) is 6.92 Å². The highest BCUT2D eigenvalue weighted by atomic mass is 19.4. The first-order chi connectivity index (χ1) is 16.2. The summed E-state index contributed by atoms with van der Waals surface area (Å²) in [6.45, 7) is 7.43. The smallest absolute Gasteiger partial charge is 0.337 e. The van der Waals surface area contributed by atoms with E-state index in [-0.39, 0.29) is 12.5 Å². The minimum Gasteiger partial charge on any atom is -0.337 e. The van der Waals surface area contributed by atoms with Crippen LogP contribution in [0.15, 0.2) is 34.3 Å². The second-order valence-electron chi connectivity index (χ2n) is 8.29. The van der Waals surface area contributed by atoms with Crippen LogP contribution in [-0.2, 0) is 17.5 Å². The number of aliphatic imine (C=N–C) groups is 2. The molecule has 0 bridgehead atoms. The molecular formula is C22H25F3N8O. The first-order valence-electron chi connectivity index (χ1n) is 10.9. The zero-order valence-electron chi connectivity index (χ0n) is 19.0. The maximum absolute atomic E-state index is 13.2. The van der Waals surface area contributed by atoms with E-state index in [1.54, 1.807) is 17.9 Å². The molecule has 12 heteroatoms. The van der Waals surface area contributed by atoms with Crippen molar-refractivity contribution in [3.8, 4) is 0 Å². The molecule has 0 spiro atoms. The Bertz CT molecular complexity index is 1140. The number of amidine groups is 1. The third-order valence-corrected chi connectivity index (χ3v) is 5.60. The zero-order chi connectivity index (χ0) is 24.3. The fourth-order valence-electron chi connectivity index (χ4n) is 3.80. The van der Waals surface area contributed by atoms with E-state index in [9.17, 15) is 18.0 Å². The van der Waals surface area contributed by atoms with Crippen molar-refractivity contribution in [1.29, 1.82) is 0 Å². The van der Waals surface area contributed by atoms with Gasteiger partial charge in [-0.3, -0.25) is 14.7 Å². The Hall–Kier alpha value is -3.41. The van der Waals surface area contributed by atoms with E-state index in [0.717, 1.165) is 23.7 Å². The highest BCUT2D eigenvalue weighted by Gasteiger charge is 2.31. The number of carbonyl (C=O) groups is 1. The standard InChI is InChI=1S/C22H25F3N8O/c1-15-12-26-20(27-15)14-31-7-9-32(10-8-31)21(34)6-4-17-3-5-19(22(23,24)25)11-18(17)13-33-29-16(2)28-30-33/h3-6,11H,7-10,12-14H2,1-2H3/b6-4+. The first-order valence-corrected chi connectivity index (χ1v) is 10.9. The summed E-state index contributed by atoms with van der Waals surface area (Å²) in [5, 5.41) is 11.6. The number of alkyl halides is 3. The minimum absolute atomic E-state index is 0.00312. The molecule has 2 aromatic rings. The van der Waals surface area contributed by atoms with E-state index in [4.69, 9.17) is 0 Å². The number of halogens is 3. The minimum atomic E-state index is -4.48. The Morgan fingerprint density at radius 3 is 2.50 bits per heavy atom. The van der Waals surface area contributed by atoms with E-state index < -0.39 is 11.7 Å². The van der Waals surface area contributed by atoms with E-state index in [2.05, 4.69) is 30.3 Å². The third kappa shape index (κ3) is 5.93. The monoisotopic (exact) mass is 474 g/mol. The van der Waals surface area contributed by atoms with Gasteiger partial charge >= 0.3 is 6.18 Å². The van der Waals surface area contributed by atoms with Gasteiger partial charge in [-0.05, 0) is 48.4 Å². The molecule has 2 aliphatic heterocycles. The third-order valence-electron chi connectivity index (χ3n) is 5.60. The second-order valence-corrected chi connectivity index (χ2v) is 8.29. The van der Waals surface area contributed by atoms with Crippen LogP contribution in [0.3, 0.4) is 0 Å². The predicted octanol–water partition coefficient (Wildman–Crippen LogP) is 2.08. The van der Waals surface area contributed by atoms with Gasteiger partial charge in [0.2, 0.25) is 5.91 Å². The van der Waals surface area contributed by atoms with Crippen molar-refractivity contribution >= 4 is 23.5 Å². The number of tetrazole rings is 1. The van der Waals surface area contributed by atoms with Gasteiger partial charge in [0.1, 0.15) is 5.84 Å². The molecule has 4 rings (SSSR count). The lowest BCUT2D eigenvalue weighted by Crippen LogP contribution is -2.49. The molecule has 0 radical (unpaired) electrons. The Morgan fingerprint density at radius 2 is 1.88 bits per heavy atom. The largest absolute Gasteiger partial charge is 0.416 e. The van der Waals surface area contributed by atoms with Crippen LogP contribution in [0.1, 0.15) is 29.4 Å². The number of piperazine rings is 1. The van der Waals surface area contributed by atoms with Crippen LogP contribution in [0.25, 0.3) is 6.08 Å². The van der Waals surface area contributed by atoms with Crippen LogP contribution in [-0.4, -0.2) is 86.7 Å². The summed E-state index contributed by atoms with van der Waals surface area (Å²) in [4.78, 5) is 26.7. The highest BCUT2D eigenvalue weighted by molar-refractivity contribution is 6.03. The Labute approximate surface area is 194 Å². The highest BCUT2D eigenvalue weighted by Crippen LogP contribution is 2.31. The molecule has 0 unspecified atom stereocenters. The maximum Gasteiger partial charge on any atom is 0.416 e. The number of hydrogen-bond acceptors (Lipinski definition) is 7. The van der Waals surface area contributed by atoms with Crippen molar-refractivity contribution in [3.05, 3.63) is 46.8 Å². The average molecular weight is 474 g/mol. The van der Waals surface area contributed by atoms with Gasteiger partial charge in [-0.2, -0.15) is 18.0 Å². The summed E-state index contributed by atoms with van der Waals surface area (Å²) in [6, 6.07) is 3.41. The molecule has 3 heterocycles. The van der Waals surface area contributed by atoms with Gasteiger partial charge in [-0.25, -0.2) is 4.99 Å². The molecule has 9 nitrogen and oxygen atoms in total. The summed E-state index contributed by atoms with van der Waals surface area (Å²) in [5.41, 5.74) is 1.06. The lowest BCUT2D eigenvalue weighted by Gasteiger charge is -2.33. The molecule has 180 valence electrons. The van der Waals surface area contributed by atoms with Crippen LogP contribution in [0.4, 0.5) is 13.2 Å². The van der Waals surface area contributed by atoms with Gasteiger partial charge in [0.05, 0.1) is 25.2 Å². The van der Waals surface area contributed by atoms with Crippen molar-refractivity contribution in [2.45, 2.75) is 26.6 Å². The van der Waals surface area contributed by atoms with Gasteiger partial charge < -0.3 is 4.90 Å². The summed E-state index contributed by atoms with van der Waals surface area (Å²) < 4.78 is 39.7. The quantitative estimate of drug-likeness (QED) is 0.598. The van der Waals surface area contributed by atoms with Crippen molar-refractivity contribution in [3.63, 3.8) is 0 Å². The van der Waals surface area contributed by atoms with Crippen LogP contribution in [0, 0.1) is 6.92 Å².